The van der Waals surface area contributed by atoms with E-state index in [4.69, 9.17) is 0 Å². The van der Waals surface area contributed by atoms with Crippen molar-refractivity contribution in [1.29, 1.82) is 0 Å². The van der Waals surface area contributed by atoms with E-state index < -0.39 is 0 Å². The first-order valence-corrected chi connectivity index (χ1v) is 4.91. The molecule has 12 heavy (non-hydrogen) atoms. The van der Waals surface area contributed by atoms with Crippen molar-refractivity contribution in [2.45, 2.75) is 19.3 Å². The Balaban J connectivity index is 1.93. The summed E-state index contributed by atoms with van der Waals surface area (Å²) in [6.45, 7) is 2.55. The molecule has 0 aromatic rings. The monoisotopic (exact) mass is 163 g/mol. The lowest BCUT2D eigenvalue weighted by Gasteiger charge is -2.29. The van der Waals surface area contributed by atoms with Gasteiger partial charge in [-0.25, -0.2) is 0 Å². The van der Waals surface area contributed by atoms with E-state index in [1.54, 1.807) is 5.57 Å². The lowest BCUT2D eigenvalue weighted by Crippen LogP contribution is -2.30. The average molecular weight is 163 g/mol. The van der Waals surface area contributed by atoms with Gasteiger partial charge in [0.2, 0.25) is 0 Å². The maximum absolute atomic E-state index is 2.43. The van der Waals surface area contributed by atoms with Crippen molar-refractivity contribution in [2.75, 3.05) is 20.1 Å². The zero-order chi connectivity index (χ0) is 8.39. The first-order valence-electron chi connectivity index (χ1n) is 4.91. The number of hydrogen-bond acceptors (Lipinski definition) is 1. The molecule has 2 aliphatic rings. The summed E-state index contributed by atoms with van der Waals surface area (Å²) < 4.78 is 0. The van der Waals surface area contributed by atoms with Crippen molar-refractivity contribution in [2.24, 2.45) is 5.92 Å². The van der Waals surface area contributed by atoms with Crippen molar-refractivity contribution < 1.29 is 0 Å². The topological polar surface area (TPSA) is 3.24 Å². The summed E-state index contributed by atoms with van der Waals surface area (Å²) in [5, 5.41) is 0. The Bertz CT molecular complexity index is 207. The van der Waals surface area contributed by atoms with Crippen LogP contribution in [-0.2, 0) is 0 Å². The van der Waals surface area contributed by atoms with Gasteiger partial charge in [0.05, 0.1) is 0 Å². The van der Waals surface area contributed by atoms with Crippen LogP contribution >= 0.6 is 0 Å². The molecule has 0 aromatic carbocycles. The van der Waals surface area contributed by atoms with E-state index in [1.165, 1.54) is 32.4 Å². The second kappa shape index (κ2) is 3.44. The van der Waals surface area contributed by atoms with Crippen molar-refractivity contribution in [3.63, 3.8) is 0 Å². The number of allylic oxidation sites excluding steroid dienone is 4. The van der Waals surface area contributed by atoms with E-state index in [1.807, 2.05) is 0 Å². The number of piperidine rings is 1. The van der Waals surface area contributed by atoms with Gasteiger partial charge in [-0.2, -0.15) is 0 Å². The van der Waals surface area contributed by atoms with E-state index in [2.05, 4.69) is 30.2 Å². The highest BCUT2D eigenvalue weighted by Gasteiger charge is 2.19. The molecular formula is C11H17N. The van der Waals surface area contributed by atoms with E-state index in [0.717, 1.165) is 5.92 Å². The molecule has 1 nitrogen and oxygen atoms in total. The fourth-order valence-corrected chi connectivity index (χ4v) is 2.12. The summed E-state index contributed by atoms with van der Waals surface area (Å²) in [7, 11) is 2.22. The standard InChI is InChI=1S/C11H17N/c1-12-8-6-11(7-9-12)10-4-2-3-5-10/h2,4-5,11H,3,6-9H2,1H3. The molecule has 0 bridgehead atoms. The first kappa shape index (κ1) is 8.06. The Labute approximate surface area is 74.8 Å². The summed E-state index contributed by atoms with van der Waals surface area (Å²) in [6.07, 6.45) is 10.8. The Morgan fingerprint density at radius 1 is 1.33 bits per heavy atom. The van der Waals surface area contributed by atoms with Crippen LogP contribution < -0.4 is 0 Å². The van der Waals surface area contributed by atoms with Gasteiger partial charge in [-0.15, -0.1) is 0 Å². The number of nitrogens with zero attached hydrogens (tertiary/aromatic N) is 1. The summed E-state index contributed by atoms with van der Waals surface area (Å²) >= 11 is 0. The second-order valence-electron chi connectivity index (χ2n) is 3.92. The highest BCUT2D eigenvalue weighted by Crippen LogP contribution is 2.27. The molecular weight excluding hydrogens is 146 g/mol. The zero-order valence-corrected chi connectivity index (χ0v) is 7.79. The highest BCUT2D eigenvalue weighted by molar-refractivity contribution is 5.28. The van der Waals surface area contributed by atoms with Gasteiger partial charge in [-0.3, -0.25) is 0 Å². The summed E-state index contributed by atoms with van der Waals surface area (Å²) in [5.74, 6) is 0.861. The van der Waals surface area contributed by atoms with Crippen LogP contribution in [0.3, 0.4) is 0 Å². The molecule has 0 unspecified atom stereocenters. The molecule has 0 radical (unpaired) electrons. The maximum Gasteiger partial charge on any atom is -0.00159 e. The van der Waals surface area contributed by atoms with Crippen molar-refractivity contribution >= 4 is 0 Å². The van der Waals surface area contributed by atoms with Crippen LogP contribution in [0.15, 0.2) is 23.8 Å². The third kappa shape index (κ3) is 1.61. The molecule has 0 N–H and O–H groups in total. The molecule has 0 atom stereocenters. The fourth-order valence-electron chi connectivity index (χ4n) is 2.12. The first-order chi connectivity index (χ1) is 5.86. The van der Waals surface area contributed by atoms with Crippen LogP contribution in [0.25, 0.3) is 0 Å². The summed E-state index contributed by atoms with van der Waals surface area (Å²) in [6, 6.07) is 0. The molecule has 1 heterocycles. The van der Waals surface area contributed by atoms with Crippen LogP contribution in [-0.4, -0.2) is 25.0 Å². The van der Waals surface area contributed by atoms with Crippen molar-refractivity contribution in [3.05, 3.63) is 23.8 Å². The second-order valence-corrected chi connectivity index (χ2v) is 3.92. The minimum atomic E-state index is 0.861. The normalized spacial score (nSPS) is 26.2. The average Bonchev–Trinajstić information content (AvgIpc) is 2.58. The van der Waals surface area contributed by atoms with Gasteiger partial charge in [-0.1, -0.05) is 18.2 Å². The van der Waals surface area contributed by atoms with Crippen LogP contribution in [0.5, 0.6) is 0 Å². The van der Waals surface area contributed by atoms with Gasteiger partial charge in [0.25, 0.3) is 0 Å². The van der Waals surface area contributed by atoms with Gasteiger partial charge in [0.1, 0.15) is 0 Å². The van der Waals surface area contributed by atoms with E-state index in [0.29, 0.717) is 0 Å². The van der Waals surface area contributed by atoms with E-state index in [-0.39, 0.29) is 0 Å². The number of hydrogen-bond donors (Lipinski definition) is 0. The van der Waals surface area contributed by atoms with Crippen LogP contribution in [0, 0.1) is 5.92 Å². The van der Waals surface area contributed by atoms with Gasteiger partial charge in [-0.05, 0) is 50.9 Å². The minimum Gasteiger partial charge on any atom is -0.306 e. The van der Waals surface area contributed by atoms with Crippen molar-refractivity contribution in [1.82, 2.24) is 4.90 Å². The SMILES string of the molecule is CN1CCC(C2=CCC=C2)CC1. The Hall–Kier alpha value is -0.560. The van der Waals surface area contributed by atoms with Gasteiger partial charge < -0.3 is 4.90 Å². The fraction of sp³-hybridized carbons (Fsp3) is 0.636. The highest BCUT2D eigenvalue weighted by atomic mass is 15.1. The van der Waals surface area contributed by atoms with E-state index in [9.17, 15) is 0 Å². The Morgan fingerprint density at radius 2 is 2.08 bits per heavy atom. The largest absolute Gasteiger partial charge is 0.306 e. The number of rotatable bonds is 1. The third-order valence-electron chi connectivity index (χ3n) is 2.99. The third-order valence-corrected chi connectivity index (χ3v) is 2.99. The summed E-state index contributed by atoms with van der Waals surface area (Å²) in [4.78, 5) is 2.43. The quantitative estimate of drug-likeness (QED) is 0.573. The molecule has 1 fully saturated rings. The number of likely N-dealkylation sites (tertiary alicyclic amines) is 1. The molecule has 0 saturated carbocycles. The maximum atomic E-state index is 2.43. The molecule has 0 spiro atoms. The minimum absolute atomic E-state index is 0.861. The van der Waals surface area contributed by atoms with Crippen LogP contribution in [0.4, 0.5) is 0 Å². The molecule has 2 rings (SSSR count). The van der Waals surface area contributed by atoms with Gasteiger partial charge in [0, 0.05) is 0 Å². The van der Waals surface area contributed by atoms with Crippen molar-refractivity contribution in [3.8, 4) is 0 Å². The van der Waals surface area contributed by atoms with Gasteiger partial charge >= 0.3 is 0 Å². The molecule has 66 valence electrons. The molecule has 0 aromatic heterocycles. The van der Waals surface area contributed by atoms with Gasteiger partial charge in [0.15, 0.2) is 0 Å². The zero-order valence-electron chi connectivity index (χ0n) is 7.79. The lowest BCUT2D eigenvalue weighted by molar-refractivity contribution is 0.240. The molecule has 1 heteroatoms. The summed E-state index contributed by atoms with van der Waals surface area (Å²) in [5.41, 5.74) is 1.60. The van der Waals surface area contributed by atoms with E-state index >= 15 is 0 Å². The predicted molar refractivity (Wildman–Crippen MR) is 52.1 cm³/mol. The predicted octanol–water partition coefficient (Wildman–Crippen LogP) is 2.21. The molecule has 1 aliphatic carbocycles. The van der Waals surface area contributed by atoms with Crippen LogP contribution in [0.1, 0.15) is 19.3 Å². The molecule has 1 saturated heterocycles. The molecule has 0 amide bonds. The molecule has 1 aliphatic heterocycles. The lowest BCUT2D eigenvalue weighted by atomic mass is 9.90. The Morgan fingerprint density at radius 3 is 2.67 bits per heavy atom. The Kier molecular flexibility index (Phi) is 2.31. The van der Waals surface area contributed by atoms with Crippen LogP contribution in [0.2, 0.25) is 0 Å². The smallest absolute Gasteiger partial charge is 0.00159 e.